The standard InChI is InChI=1S/C15H15Cl2NO/c1-10-2-4-11(5-3-10)15(9-18)19-14-7-6-12(16)8-13(14)17/h2-8,15H,9,18H2,1H3. The normalized spacial score (nSPS) is 12.2. The van der Waals surface area contributed by atoms with Crippen molar-refractivity contribution in [3.05, 3.63) is 63.6 Å². The third kappa shape index (κ3) is 3.63. The summed E-state index contributed by atoms with van der Waals surface area (Å²) in [5.41, 5.74) is 8.00. The zero-order valence-corrected chi connectivity index (χ0v) is 12.1. The zero-order chi connectivity index (χ0) is 13.8. The van der Waals surface area contributed by atoms with Crippen molar-refractivity contribution in [2.45, 2.75) is 13.0 Å². The predicted molar refractivity (Wildman–Crippen MR) is 80.1 cm³/mol. The molecule has 2 aromatic carbocycles. The Bertz CT molecular complexity index is 555. The van der Waals surface area contributed by atoms with Crippen molar-refractivity contribution < 1.29 is 4.74 Å². The van der Waals surface area contributed by atoms with E-state index in [2.05, 4.69) is 0 Å². The summed E-state index contributed by atoms with van der Waals surface area (Å²) in [6.07, 6.45) is -0.223. The van der Waals surface area contributed by atoms with Crippen LogP contribution in [-0.4, -0.2) is 6.54 Å². The van der Waals surface area contributed by atoms with Gasteiger partial charge in [-0.1, -0.05) is 53.0 Å². The SMILES string of the molecule is Cc1ccc(C(CN)Oc2ccc(Cl)cc2Cl)cc1. The number of halogens is 2. The molecule has 4 heteroatoms. The predicted octanol–water partition coefficient (Wildman–Crippen LogP) is 4.38. The second-order valence-corrected chi connectivity index (χ2v) is 5.17. The van der Waals surface area contributed by atoms with Gasteiger partial charge < -0.3 is 10.5 Å². The molecule has 0 bridgehead atoms. The van der Waals surface area contributed by atoms with Gasteiger partial charge in [-0.05, 0) is 30.7 Å². The first-order valence-corrected chi connectivity index (χ1v) is 6.74. The topological polar surface area (TPSA) is 35.2 Å². The van der Waals surface area contributed by atoms with Gasteiger partial charge in [0.2, 0.25) is 0 Å². The van der Waals surface area contributed by atoms with Crippen LogP contribution in [0.5, 0.6) is 5.75 Å². The first-order chi connectivity index (χ1) is 9.10. The molecule has 2 nitrogen and oxygen atoms in total. The lowest BCUT2D eigenvalue weighted by molar-refractivity contribution is 0.214. The molecule has 0 spiro atoms. The molecule has 2 aromatic rings. The van der Waals surface area contributed by atoms with Crippen LogP contribution in [-0.2, 0) is 0 Å². The van der Waals surface area contributed by atoms with Gasteiger partial charge in [-0.25, -0.2) is 0 Å². The fraction of sp³-hybridized carbons (Fsp3) is 0.200. The van der Waals surface area contributed by atoms with Crippen molar-refractivity contribution in [2.24, 2.45) is 5.73 Å². The van der Waals surface area contributed by atoms with E-state index in [9.17, 15) is 0 Å². The van der Waals surface area contributed by atoms with Gasteiger partial charge in [0.1, 0.15) is 11.9 Å². The highest BCUT2D eigenvalue weighted by molar-refractivity contribution is 6.35. The number of ether oxygens (including phenoxy) is 1. The van der Waals surface area contributed by atoms with Crippen molar-refractivity contribution in [2.75, 3.05) is 6.54 Å². The van der Waals surface area contributed by atoms with Gasteiger partial charge >= 0.3 is 0 Å². The van der Waals surface area contributed by atoms with Gasteiger partial charge in [0, 0.05) is 11.6 Å². The van der Waals surface area contributed by atoms with Crippen LogP contribution < -0.4 is 10.5 Å². The molecule has 1 atom stereocenters. The highest BCUT2D eigenvalue weighted by Crippen LogP contribution is 2.31. The minimum atomic E-state index is -0.223. The zero-order valence-electron chi connectivity index (χ0n) is 10.6. The number of nitrogens with two attached hydrogens (primary N) is 1. The van der Waals surface area contributed by atoms with Crippen molar-refractivity contribution in [1.29, 1.82) is 0 Å². The quantitative estimate of drug-likeness (QED) is 0.908. The Morgan fingerprint density at radius 3 is 2.37 bits per heavy atom. The Morgan fingerprint density at radius 2 is 1.79 bits per heavy atom. The van der Waals surface area contributed by atoms with Crippen molar-refractivity contribution in [1.82, 2.24) is 0 Å². The molecule has 0 amide bonds. The van der Waals surface area contributed by atoms with Gasteiger partial charge in [0.25, 0.3) is 0 Å². The van der Waals surface area contributed by atoms with E-state index in [1.165, 1.54) is 5.56 Å². The Morgan fingerprint density at radius 1 is 1.11 bits per heavy atom. The van der Waals surface area contributed by atoms with Crippen molar-refractivity contribution in [3.8, 4) is 5.75 Å². The van der Waals surface area contributed by atoms with E-state index in [0.717, 1.165) is 5.56 Å². The van der Waals surface area contributed by atoms with Crippen LogP contribution in [0.2, 0.25) is 10.0 Å². The molecule has 0 aromatic heterocycles. The maximum absolute atomic E-state index is 6.09. The second-order valence-electron chi connectivity index (χ2n) is 4.33. The average molecular weight is 296 g/mol. The third-order valence-electron chi connectivity index (χ3n) is 2.83. The molecule has 2 rings (SSSR count). The van der Waals surface area contributed by atoms with Gasteiger partial charge in [-0.2, -0.15) is 0 Å². The summed E-state index contributed by atoms with van der Waals surface area (Å²) in [5.74, 6) is 0.585. The van der Waals surface area contributed by atoms with Crippen LogP contribution in [0.4, 0.5) is 0 Å². The number of aryl methyl sites for hydroxylation is 1. The Labute approximate surface area is 123 Å². The summed E-state index contributed by atoms with van der Waals surface area (Å²) in [6, 6.07) is 13.2. The van der Waals surface area contributed by atoms with Crippen molar-refractivity contribution >= 4 is 23.2 Å². The summed E-state index contributed by atoms with van der Waals surface area (Å²) in [6.45, 7) is 2.42. The lowest BCUT2D eigenvalue weighted by Crippen LogP contribution is -2.18. The van der Waals surface area contributed by atoms with Crippen LogP contribution in [0.1, 0.15) is 17.2 Å². The highest BCUT2D eigenvalue weighted by atomic mass is 35.5. The minimum Gasteiger partial charge on any atom is -0.483 e. The maximum Gasteiger partial charge on any atom is 0.139 e. The first kappa shape index (κ1) is 14.2. The summed E-state index contributed by atoms with van der Waals surface area (Å²) < 4.78 is 5.86. The molecule has 0 aliphatic carbocycles. The average Bonchev–Trinajstić information content (AvgIpc) is 2.39. The third-order valence-corrected chi connectivity index (χ3v) is 3.36. The molecule has 19 heavy (non-hydrogen) atoms. The number of hydrogen-bond acceptors (Lipinski definition) is 2. The van der Waals surface area contributed by atoms with Crippen LogP contribution in [0.3, 0.4) is 0 Å². The number of hydrogen-bond donors (Lipinski definition) is 1. The number of benzene rings is 2. The summed E-state index contributed by atoms with van der Waals surface area (Å²) >= 11 is 12.0. The molecule has 1 unspecified atom stereocenters. The fourth-order valence-corrected chi connectivity index (χ4v) is 2.21. The molecule has 0 aliphatic heterocycles. The van der Waals surface area contributed by atoms with Gasteiger partial charge in [0.15, 0.2) is 0 Å². The molecule has 0 radical (unpaired) electrons. The van der Waals surface area contributed by atoms with Crippen molar-refractivity contribution in [3.63, 3.8) is 0 Å². The van der Waals surface area contributed by atoms with E-state index in [1.807, 2.05) is 31.2 Å². The fourth-order valence-electron chi connectivity index (χ4n) is 1.76. The largest absolute Gasteiger partial charge is 0.483 e. The highest BCUT2D eigenvalue weighted by Gasteiger charge is 2.13. The van der Waals surface area contributed by atoms with Gasteiger partial charge in [-0.3, -0.25) is 0 Å². The molecule has 100 valence electrons. The van der Waals surface area contributed by atoms with Crippen LogP contribution in [0, 0.1) is 6.92 Å². The Hall–Kier alpha value is -1.22. The van der Waals surface area contributed by atoms with E-state index in [-0.39, 0.29) is 6.10 Å². The molecule has 0 fully saturated rings. The van der Waals surface area contributed by atoms with E-state index in [1.54, 1.807) is 18.2 Å². The lowest BCUT2D eigenvalue weighted by atomic mass is 10.1. The molecular weight excluding hydrogens is 281 g/mol. The van der Waals surface area contributed by atoms with Crippen LogP contribution in [0.15, 0.2) is 42.5 Å². The number of rotatable bonds is 4. The summed E-state index contributed by atoms with van der Waals surface area (Å²) in [5, 5.41) is 1.06. The molecule has 0 aliphatic rings. The van der Waals surface area contributed by atoms with Gasteiger partial charge in [0.05, 0.1) is 5.02 Å². The monoisotopic (exact) mass is 295 g/mol. The molecule has 2 N–H and O–H groups in total. The molecule has 0 saturated carbocycles. The Kier molecular flexibility index (Phi) is 4.70. The van der Waals surface area contributed by atoms with E-state index in [4.69, 9.17) is 33.7 Å². The Balaban J connectivity index is 2.21. The van der Waals surface area contributed by atoms with Gasteiger partial charge in [-0.15, -0.1) is 0 Å². The molecule has 0 heterocycles. The first-order valence-electron chi connectivity index (χ1n) is 5.98. The lowest BCUT2D eigenvalue weighted by Gasteiger charge is -2.19. The van der Waals surface area contributed by atoms with Crippen LogP contribution in [0.25, 0.3) is 0 Å². The van der Waals surface area contributed by atoms with E-state index >= 15 is 0 Å². The maximum atomic E-state index is 6.09. The summed E-state index contributed by atoms with van der Waals surface area (Å²) in [7, 11) is 0. The molecule has 0 saturated heterocycles. The van der Waals surface area contributed by atoms with E-state index < -0.39 is 0 Å². The molecular formula is C15H15Cl2NO. The van der Waals surface area contributed by atoms with Crippen LogP contribution >= 0.6 is 23.2 Å². The van der Waals surface area contributed by atoms with E-state index in [0.29, 0.717) is 22.3 Å². The minimum absolute atomic E-state index is 0.223. The summed E-state index contributed by atoms with van der Waals surface area (Å²) in [4.78, 5) is 0. The second kappa shape index (κ2) is 6.29. The smallest absolute Gasteiger partial charge is 0.139 e.